The van der Waals surface area contributed by atoms with E-state index in [9.17, 15) is 0 Å². The molecule has 0 fully saturated rings. The Morgan fingerprint density at radius 1 is 1.28 bits per heavy atom. The molecule has 0 amide bonds. The van der Waals surface area contributed by atoms with Crippen LogP contribution in [-0.4, -0.2) is 23.2 Å². The molecule has 0 unspecified atom stereocenters. The SMILES string of the molecule is Cc1cnc(CN(CCCO)c2ccccc2)o1. The van der Waals surface area contributed by atoms with E-state index < -0.39 is 0 Å². The van der Waals surface area contributed by atoms with Crippen LogP contribution in [0.3, 0.4) is 0 Å². The third kappa shape index (κ3) is 3.34. The summed E-state index contributed by atoms with van der Waals surface area (Å²) < 4.78 is 5.50. The first-order chi connectivity index (χ1) is 8.79. The maximum absolute atomic E-state index is 8.97. The zero-order chi connectivity index (χ0) is 12.8. The van der Waals surface area contributed by atoms with Crippen LogP contribution in [0.25, 0.3) is 0 Å². The number of hydrogen-bond donors (Lipinski definition) is 1. The normalized spacial score (nSPS) is 10.6. The predicted molar refractivity (Wildman–Crippen MR) is 70.4 cm³/mol. The van der Waals surface area contributed by atoms with Crippen molar-refractivity contribution in [2.24, 2.45) is 0 Å². The molecule has 1 N–H and O–H groups in total. The molecule has 96 valence electrons. The highest BCUT2D eigenvalue weighted by Gasteiger charge is 2.10. The number of para-hydroxylation sites is 1. The summed E-state index contributed by atoms with van der Waals surface area (Å²) >= 11 is 0. The van der Waals surface area contributed by atoms with Crippen molar-refractivity contribution in [1.29, 1.82) is 0 Å². The Bertz CT molecular complexity index is 468. The van der Waals surface area contributed by atoms with E-state index in [0.29, 0.717) is 12.4 Å². The minimum absolute atomic E-state index is 0.188. The lowest BCUT2D eigenvalue weighted by molar-refractivity contribution is 0.288. The van der Waals surface area contributed by atoms with E-state index in [1.54, 1.807) is 6.20 Å². The number of aryl methyl sites for hydroxylation is 1. The standard InChI is InChI=1S/C14H18N2O2/c1-12-10-15-14(18-12)11-16(8-5-9-17)13-6-3-2-4-7-13/h2-4,6-7,10,17H,5,8-9,11H2,1H3. The second kappa shape index (κ2) is 6.21. The van der Waals surface area contributed by atoms with Crippen LogP contribution in [0.15, 0.2) is 40.9 Å². The first-order valence-corrected chi connectivity index (χ1v) is 6.12. The van der Waals surface area contributed by atoms with E-state index in [0.717, 1.165) is 24.4 Å². The first-order valence-electron chi connectivity index (χ1n) is 6.12. The number of benzene rings is 1. The number of aliphatic hydroxyl groups excluding tert-OH is 1. The highest BCUT2D eigenvalue weighted by molar-refractivity contribution is 5.45. The number of hydrogen-bond acceptors (Lipinski definition) is 4. The van der Waals surface area contributed by atoms with Gasteiger partial charge in [0.05, 0.1) is 12.7 Å². The second-order valence-corrected chi connectivity index (χ2v) is 4.20. The summed E-state index contributed by atoms with van der Waals surface area (Å²) in [5.41, 5.74) is 1.11. The van der Waals surface area contributed by atoms with Gasteiger partial charge in [-0.15, -0.1) is 0 Å². The van der Waals surface area contributed by atoms with Crippen molar-refractivity contribution in [2.45, 2.75) is 19.9 Å². The summed E-state index contributed by atoms with van der Waals surface area (Å²) in [6.45, 7) is 3.48. The van der Waals surface area contributed by atoms with Crippen molar-refractivity contribution < 1.29 is 9.52 Å². The molecule has 0 spiro atoms. The summed E-state index contributed by atoms with van der Waals surface area (Å²) in [4.78, 5) is 6.37. The van der Waals surface area contributed by atoms with Crippen molar-refractivity contribution in [3.8, 4) is 0 Å². The molecule has 0 atom stereocenters. The number of aliphatic hydroxyl groups is 1. The fraction of sp³-hybridized carbons (Fsp3) is 0.357. The van der Waals surface area contributed by atoms with Crippen molar-refractivity contribution in [1.82, 2.24) is 4.98 Å². The maximum Gasteiger partial charge on any atom is 0.213 e. The molecule has 0 bridgehead atoms. The summed E-state index contributed by atoms with van der Waals surface area (Å²) in [6, 6.07) is 10.1. The van der Waals surface area contributed by atoms with E-state index >= 15 is 0 Å². The molecular weight excluding hydrogens is 228 g/mol. The van der Waals surface area contributed by atoms with E-state index in [1.165, 1.54) is 0 Å². The molecular formula is C14H18N2O2. The van der Waals surface area contributed by atoms with Crippen LogP contribution in [0.1, 0.15) is 18.1 Å². The van der Waals surface area contributed by atoms with Crippen molar-refractivity contribution in [2.75, 3.05) is 18.1 Å². The van der Waals surface area contributed by atoms with Crippen LogP contribution in [0, 0.1) is 6.92 Å². The molecule has 18 heavy (non-hydrogen) atoms. The van der Waals surface area contributed by atoms with Gasteiger partial charge in [-0.25, -0.2) is 4.98 Å². The van der Waals surface area contributed by atoms with Gasteiger partial charge < -0.3 is 14.4 Å². The van der Waals surface area contributed by atoms with Gasteiger partial charge in [0.25, 0.3) is 0 Å². The molecule has 0 saturated heterocycles. The first kappa shape index (κ1) is 12.6. The van der Waals surface area contributed by atoms with Crippen LogP contribution in [0.4, 0.5) is 5.69 Å². The van der Waals surface area contributed by atoms with Crippen LogP contribution in [0.2, 0.25) is 0 Å². The minimum atomic E-state index is 0.188. The van der Waals surface area contributed by atoms with Crippen molar-refractivity contribution in [3.63, 3.8) is 0 Å². The van der Waals surface area contributed by atoms with E-state index in [4.69, 9.17) is 9.52 Å². The summed E-state index contributed by atoms with van der Waals surface area (Å²) in [5, 5.41) is 8.97. The Labute approximate surface area is 107 Å². The van der Waals surface area contributed by atoms with Crippen molar-refractivity contribution >= 4 is 5.69 Å². The molecule has 0 aliphatic heterocycles. The fourth-order valence-corrected chi connectivity index (χ4v) is 1.84. The molecule has 0 aliphatic carbocycles. The Morgan fingerprint density at radius 3 is 2.67 bits per heavy atom. The lowest BCUT2D eigenvalue weighted by Crippen LogP contribution is -2.24. The van der Waals surface area contributed by atoms with Gasteiger partial charge in [0.15, 0.2) is 0 Å². The molecule has 0 saturated carbocycles. The number of anilines is 1. The average molecular weight is 246 g/mol. The van der Waals surface area contributed by atoms with Crippen molar-refractivity contribution in [3.05, 3.63) is 48.2 Å². The van der Waals surface area contributed by atoms with Gasteiger partial charge in [-0.1, -0.05) is 18.2 Å². The Balaban J connectivity index is 2.10. The van der Waals surface area contributed by atoms with Gasteiger partial charge in [0.1, 0.15) is 5.76 Å². The fourth-order valence-electron chi connectivity index (χ4n) is 1.84. The molecule has 4 nitrogen and oxygen atoms in total. The molecule has 2 aromatic rings. The molecule has 0 radical (unpaired) electrons. The molecule has 1 heterocycles. The highest BCUT2D eigenvalue weighted by atomic mass is 16.4. The molecule has 1 aromatic heterocycles. The van der Waals surface area contributed by atoms with E-state index in [-0.39, 0.29) is 6.61 Å². The third-order valence-electron chi connectivity index (χ3n) is 2.70. The van der Waals surface area contributed by atoms with Crippen LogP contribution < -0.4 is 4.90 Å². The number of aromatic nitrogens is 1. The van der Waals surface area contributed by atoms with Gasteiger partial charge in [-0.05, 0) is 25.5 Å². The molecule has 2 rings (SSSR count). The number of rotatable bonds is 6. The van der Waals surface area contributed by atoms with Gasteiger partial charge in [-0.3, -0.25) is 0 Å². The van der Waals surface area contributed by atoms with Crippen LogP contribution in [0.5, 0.6) is 0 Å². The van der Waals surface area contributed by atoms with E-state index in [2.05, 4.69) is 9.88 Å². The zero-order valence-corrected chi connectivity index (χ0v) is 10.5. The monoisotopic (exact) mass is 246 g/mol. The Kier molecular flexibility index (Phi) is 4.36. The van der Waals surface area contributed by atoms with E-state index in [1.807, 2.05) is 37.3 Å². The average Bonchev–Trinajstić information content (AvgIpc) is 2.81. The molecule has 0 aliphatic rings. The second-order valence-electron chi connectivity index (χ2n) is 4.20. The largest absolute Gasteiger partial charge is 0.444 e. The summed E-state index contributed by atoms with van der Waals surface area (Å²) in [5.74, 6) is 1.52. The Hall–Kier alpha value is -1.81. The molecule has 1 aromatic carbocycles. The molecule has 4 heteroatoms. The number of nitrogens with zero attached hydrogens (tertiary/aromatic N) is 2. The van der Waals surface area contributed by atoms with Gasteiger partial charge in [0.2, 0.25) is 5.89 Å². The van der Waals surface area contributed by atoms with Gasteiger partial charge in [0, 0.05) is 18.8 Å². The van der Waals surface area contributed by atoms with Crippen LogP contribution >= 0.6 is 0 Å². The third-order valence-corrected chi connectivity index (χ3v) is 2.70. The quantitative estimate of drug-likeness (QED) is 0.850. The summed E-state index contributed by atoms with van der Waals surface area (Å²) in [7, 11) is 0. The lowest BCUT2D eigenvalue weighted by atomic mass is 10.2. The predicted octanol–water partition coefficient (Wildman–Crippen LogP) is 2.37. The maximum atomic E-state index is 8.97. The lowest BCUT2D eigenvalue weighted by Gasteiger charge is -2.22. The Morgan fingerprint density at radius 2 is 2.06 bits per heavy atom. The van der Waals surface area contributed by atoms with Gasteiger partial charge >= 0.3 is 0 Å². The van der Waals surface area contributed by atoms with Gasteiger partial charge in [-0.2, -0.15) is 0 Å². The smallest absolute Gasteiger partial charge is 0.213 e. The topological polar surface area (TPSA) is 49.5 Å². The highest BCUT2D eigenvalue weighted by Crippen LogP contribution is 2.17. The summed E-state index contributed by atoms with van der Waals surface area (Å²) in [6.07, 6.45) is 2.46. The minimum Gasteiger partial charge on any atom is -0.444 e. The number of oxazole rings is 1. The zero-order valence-electron chi connectivity index (χ0n) is 10.5. The van der Waals surface area contributed by atoms with Crippen LogP contribution in [-0.2, 0) is 6.54 Å².